The first-order valence-corrected chi connectivity index (χ1v) is 6.35. The average molecular weight is 210 g/mol. The number of nitrogens with one attached hydrogen (secondary N) is 1. The largest absolute Gasteiger partial charge is 0.381 e. The molecule has 3 rings (SSSR count). The molecule has 0 amide bonds. The van der Waals surface area contributed by atoms with Crippen molar-refractivity contribution in [2.75, 3.05) is 19.8 Å². The first kappa shape index (κ1) is 10.1. The summed E-state index contributed by atoms with van der Waals surface area (Å²) < 4.78 is 5.40. The van der Waals surface area contributed by atoms with Crippen LogP contribution in [-0.2, 0) is 4.74 Å². The Morgan fingerprint density at radius 1 is 1.27 bits per heavy atom. The highest BCUT2D eigenvalue weighted by Crippen LogP contribution is 2.49. The fourth-order valence-electron chi connectivity index (χ4n) is 3.60. The van der Waals surface area contributed by atoms with Crippen molar-refractivity contribution in [1.29, 1.82) is 0 Å². The van der Waals surface area contributed by atoms with Gasteiger partial charge in [-0.25, -0.2) is 0 Å². The SMILES string of the molecule is NC1CC2(CNC2CC2CCOCC2)C1. The van der Waals surface area contributed by atoms with Gasteiger partial charge in [0.15, 0.2) is 0 Å². The van der Waals surface area contributed by atoms with Gasteiger partial charge in [0.2, 0.25) is 0 Å². The summed E-state index contributed by atoms with van der Waals surface area (Å²) in [5.74, 6) is 0.894. The van der Waals surface area contributed by atoms with Gasteiger partial charge < -0.3 is 15.8 Å². The molecule has 86 valence electrons. The van der Waals surface area contributed by atoms with E-state index in [2.05, 4.69) is 5.32 Å². The van der Waals surface area contributed by atoms with Gasteiger partial charge in [-0.05, 0) is 38.0 Å². The lowest BCUT2D eigenvalue weighted by Crippen LogP contribution is -2.70. The molecule has 3 aliphatic rings. The summed E-state index contributed by atoms with van der Waals surface area (Å²) in [6.45, 7) is 3.17. The lowest BCUT2D eigenvalue weighted by molar-refractivity contribution is -0.0398. The maximum Gasteiger partial charge on any atom is 0.0468 e. The summed E-state index contributed by atoms with van der Waals surface area (Å²) in [7, 11) is 0. The Morgan fingerprint density at radius 2 is 2.00 bits per heavy atom. The van der Waals surface area contributed by atoms with Gasteiger partial charge in [-0.1, -0.05) is 0 Å². The van der Waals surface area contributed by atoms with Crippen LogP contribution >= 0.6 is 0 Å². The Morgan fingerprint density at radius 3 is 2.53 bits per heavy atom. The number of nitrogens with two attached hydrogens (primary N) is 1. The molecule has 2 aliphatic heterocycles. The van der Waals surface area contributed by atoms with E-state index in [-0.39, 0.29) is 0 Å². The lowest BCUT2D eigenvalue weighted by Gasteiger charge is -2.60. The Labute approximate surface area is 91.7 Å². The third kappa shape index (κ3) is 1.71. The highest BCUT2D eigenvalue weighted by molar-refractivity contribution is 5.11. The van der Waals surface area contributed by atoms with E-state index in [4.69, 9.17) is 10.5 Å². The second-order valence-corrected chi connectivity index (χ2v) is 5.76. The first-order valence-electron chi connectivity index (χ1n) is 6.35. The van der Waals surface area contributed by atoms with Crippen molar-refractivity contribution in [3.05, 3.63) is 0 Å². The van der Waals surface area contributed by atoms with Crippen LogP contribution in [0.1, 0.15) is 32.1 Å². The van der Waals surface area contributed by atoms with Crippen molar-refractivity contribution in [1.82, 2.24) is 5.32 Å². The minimum Gasteiger partial charge on any atom is -0.381 e. The lowest BCUT2D eigenvalue weighted by atomic mass is 9.55. The van der Waals surface area contributed by atoms with Gasteiger partial charge in [0.1, 0.15) is 0 Å². The third-order valence-corrected chi connectivity index (χ3v) is 4.69. The van der Waals surface area contributed by atoms with Crippen molar-refractivity contribution in [3.63, 3.8) is 0 Å². The first-order chi connectivity index (χ1) is 7.28. The van der Waals surface area contributed by atoms with E-state index in [0.29, 0.717) is 11.5 Å². The highest BCUT2D eigenvalue weighted by Gasteiger charge is 2.54. The van der Waals surface area contributed by atoms with E-state index in [1.54, 1.807) is 0 Å². The van der Waals surface area contributed by atoms with E-state index in [1.165, 1.54) is 38.6 Å². The molecule has 15 heavy (non-hydrogen) atoms. The molecule has 0 radical (unpaired) electrons. The average Bonchev–Trinajstić information content (AvgIpc) is 2.21. The predicted molar refractivity (Wildman–Crippen MR) is 59.6 cm³/mol. The second-order valence-electron chi connectivity index (χ2n) is 5.76. The van der Waals surface area contributed by atoms with E-state index >= 15 is 0 Å². The molecule has 1 aliphatic carbocycles. The van der Waals surface area contributed by atoms with E-state index in [0.717, 1.165) is 25.2 Å². The maximum absolute atomic E-state index is 5.91. The second kappa shape index (κ2) is 3.72. The minimum atomic E-state index is 0.490. The van der Waals surface area contributed by atoms with Crippen molar-refractivity contribution >= 4 is 0 Å². The van der Waals surface area contributed by atoms with Gasteiger partial charge in [-0.3, -0.25) is 0 Å². The fourth-order valence-corrected chi connectivity index (χ4v) is 3.60. The van der Waals surface area contributed by atoms with E-state index < -0.39 is 0 Å². The zero-order valence-electron chi connectivity index (χ0n) is 9.37. The van der Waals surface area contributed by atoms with Crippen LogP contribution in [0, 0.1) is 11.3 Å². The minimum absolute atomic E-state index is 0.490. The van der Waals surface area contributed by atoms with Gasteiger partial charge in [0.25, 0.3) is 0 Å². The Bertz CT molecular complexity index is 232. The molecule has 0 bridgehead atoms. The topological polar surface area (TPSA) is 47.3 Å². The van der Waals surface area contributed by atoms with E-state index in [9.17, 15) is 0 Å². The fraction of sp³-hybridized carbons (Fsp3) is 1.00. The van der Waals surface area contributed by atoms with Crippen molar-refractivity contribution in [2.24, 2.45) is 17.1 Å². The van der Waals surface area contributed by atoms with Gasteiger partial charge in [-0.15, -0.1) is 0 Å². The number of hydrogen-bond donors (Lipinski definition) is 2. The Kier molecular flexibility index (Phi) is 2.49. The monoisotopic (exact) mass is 210 g/mol. The van der Waals surface area contributed by atoms with Crippen LogP contribution in [0.2, 0.25) is 0 Å². The zero-order chi connectivity index (χ0) is 10.3. The van der Waals surface area contributed by atoms with Crippen molar-refractivity contribution in [2.45, 2.75) is 44.2 Å². The standard InChI is InChI=1S/C12H22N2O/c13-10-6-12(7-10)8-14-11(12)5-9-1-3-15-4-2-9/h9-11,14H,1-8,13H2. The van der Waals surface area contributed by atoms with Crippen molar-refractivity contribution in [3.8, 4) is 0 Å². The molecule has 2 heterocycles. The molecule has 3 N–H and O–H groups in total. The Hall–Kier alpha value is -0.120. The van der Waals surface area contributed by atoms with Crippen LogP contribution in [-0.4, -0.2) is 31.8 Å². The van der Waals surface area contributed by atoms with E-state index in [1.807, 2.05) is 0 Å². The van der Waals surface area contributed by atoms with Gasteiger partial charge in [-0.2, -0.15) is 0 Å². The molecular weight excluding hydrogens is 188 g/mol. The molecule has 1 unspecified atom stereocenters. The number of hydrogen-bond acceptors (Lipinski definition) is 3. The summed E-state index contributed by atoms with van der Waals surface area (Å²) >= 11 is 0. The number of rotatable bonds is 2. The molecule has 3 fully saturated rings. The Balaban J connectivity index is 1.51. The molecule has 1 atom stereocenters. The van der Waals surface area contributed by atoms with Gasteiger partial charge >= 0.3 is 0 Å². The van der Waals surface area contributed by atoms with Crippen molar-refractivity contribution < 1.29 is 4.74 Å². The molecule has 0 aromatic rings. The summed E-state index contributed by atoms with van der Waals surface area (Å²) in [6.07, 6.45) is 6.40. The molecule has 3 nitrogen and oxygen atoms in total. The molecule has 2 saturated heterocycles. The zero-order valence-corrected chi connectivity index (χ0v) is 9.37. The molecule has 0 aromatic carbocycles. The van der Waals surface area contributed by atoms with Crippen LogP contribution in [0.3, 0.4) is 0 Å². The normalized spacial score (nSPS) is 46.2. The molecule has 3 heteroatoms. The van der Waals surface area contributed by atoms with Gasteiger partial charge in [0, 0.05) is 37.3 Å². The van der Waals surface area contributed by atoms with Gasteiger partial charge in [0.05, 0.1) is 0 Å². The van der Waals surface area contributed by atoms with Crippen LogP contribution in [0.25, 0.3) is 0 Å². The van der Waals surface area contributed by atoms with Crippen LogP contribution in [0.4, 0.5) is 0 Å². The van der Waals surface area contributed by atoms with Crippen LogP contribution in [0.5, 0.6) is 0 Å². The third-order valence-electron chi connectivity index (χ3n) is 4.69. The van der Waals surface area contributed by atoms with Crippen LogP contribution < -0.4 is 11.1 Å². The molecule has 1 spiro atoms. The molecule has 0 aromatic heterocycles. The molecular formula is C12H22N2O. The highest BCUT2D eigenvalue weighted by atomic mass is 16.5. The summed E-state index contributed by atoms with van der Waals surface area (Å²) in [5.41, 5.74) is 6.52. The summed E-state index contributed by atoms with van der Waals surface area (Å²) in [4.78, 5) is 0. The molecule has 1 saturated carbocycles. The summed E-state index contributed by atoms with van der Waals surface area (Å²) in [5, 5.41) is 3.61. The smallest absolute Gasteiger partial charge is 0.0468 e. The number of ether oxygens (including phenoxy) is 1. The summed E-state index contributed by atoms with van der Waals surface area (Å²) in [6, 6.07) is 1.25. The predicted octanol–water partition coefficient (Wildman–Crippen LogP) is 0.882. The maximum atomic E-state index is 5.91. The van der Waals surface area contributed by atoms with Crippen LogP contribution in [0.15, 0.2) is 0 Å². The quantitative estimate of drug-likeness (QED) is 0.711.